The molecule has 6 nitrogen and oxygen atoms in total. The zero-order valence-electron chi connectivity index (χ0n) is 15.9. The molecular formula is C21H25N3O3. The Hall–Kier alpha value is -3.15. The molecule has 0 unspecified atom stereocenters. The van der Waals surface area contributed by atoms with Crippen LogP contribution in [-0.4, -0.2) is 24.1 Å². The Morgan fingerprint density at radius 3 is 2.00 bits per heavy atom. The number of oxime groups is 1. The smallest absolute Gasteiger partial charge is 0.265 e. The molecule has 0 saturated carbocycles. The predicted molar refractivity (Wildman–Crippen MR) is 108 cm³/mol. The fourth-order valence-corrected chi connectivity index (χ4v) is 2.31. The number of rotatable bonds is 8. The summed E-state index contributed by atoms with van der Waals surface area (Å²) in [7, 11) is 0. The topological polar surface area (TPSA) is 79.8 Å². The van der Waals surface area contributed by atoms with Gasteiger partial charge in [0.05, 0.1) is 5.71 Å². The van der Waals surface area contributed by atoms with Crippen LogP contribution in [-0.2, 0) is 20.8 Å². The van der Waals surface area contributed by atoms with Crippen LogP contribution in [0.2, 0.25) is 0 Å². The van der Waals surface area contributed by atoms with Crippen molar-refractivity contribution in [1.29, 1.82) is 0 Å². The van der Waals surface area contributed by atoms with E-state index in [1.54, 1.807) is 26.0 Å². The first kappa shape index (κ1) is 20.2. The van der Waals surface area contributed by atoms with Gasteiger partial charge in [0.15, 0.2) is 6.61 Å². The number of aryl methyl sites for hydroxylation is 1. The molecule has 0 atom stereocenters. The molecule has 0 aliphatic heterocycles. The third kappa shape index (κ3) is 6.58. The van der Waals surface area contributed by atoms with Gasteiger partial charge < -0.3 is 15.5 Å². The van der Waals surface area contributed by atoms with Gasteiger partial charge in [-0.25, -0.2) is 0 Å². The van der Waals surface area contributed by atoms with Crippen molar-refractivity contribution < 1.29 is 14.4 Å². The van der Waals surface area contributed by atoms with E-state index in [1.165, 1.54) is 5.56 Å². The quantitative estimate of drug-likeness (QED) is 0.547. The van der Waals surface area contributed by atoms with Gasteiger partial charge in [-0.05, 0) is 48.7 Å². The monoisotopic (exact) mass is 367 g/mol. The molecule has 142 valence electrons. The number of carbonyl (C=O) groups excluding carboxylic acids is 2. The average molecular weight is 367 g/mol. The van der Waals surface area contributed by atoms with Crippen molar-refractivity contribution in [3.63, 3.8) is 0 Å². The van der Waals surface area contributed by atoms with E-state index < -0.39 is 0 Å². The average Bonchev–Trinajstić information content (AvgIpc) is 2.69. The lowest BCUT2D eigenvalue weighted by Crippen LogP contribution is -2.17. The molecule has 0 aliphatic rings. The summed E-state index contributed by atoms with van der Waals surface area (Å²) in [4.78, 5) is 28.4. The van der Waals surface area contributed by atoms with Gasteiger partial charge in [0.2, 0.25) is 5.91 Å². The Bertz CT molecular complexity index is 796. The van der Waals surface area contributed by atoms with Crippen LogP contribution in [0.15, 0.2) is 53.7 Å². The van der Waals surface area contributed by atoms with E-state index >= 15 is 0 Å². The number of carbonyl (C=O) groups is 2. The normalized spacial score (nSPS) is 11.0. The van der Waals surface area contributed by atoms with Crippen LogP contribution in [0.1, 0.15) is 38.3 Å². The summed E-state index contributed by atoms with van der Waals surface area (Å²) in [6.07, 6.45) is 1.39. The van der Waals surface area contributed by atoms with Gasteiger partial charge in [-0.15, -0.1) is 0 Å². The first-order chi connectivity index (χ1) is 13.0. The Morgan fingerprint density at radius 2 is 1.44 bits per heavy atom. The van der Waals surface area contributed by atoms with E-state index in [9.17, 15) is 9.59 Å². The van der Waals surface area contributed by atoms with Gasteiger partial charge in [0, 0.05) is 17.8 Å². The lowest BCUT2D eigenvalue weighted by Gasteiger charge is -2.07. The molecule has 6 heteroatoms. The van der Waals surface area contributed by atoms with E-state index in [0.717, 1.165) is 23.4 Å². The van der Waals surface area contributed by atoms with Crippen LogP contribution < -0.4 is 10.6 Å². The van der Waals surface area contributed by atoms with Gasteiger partial charge in [-0.2, -0.15) is 0 Å². The van der Waals surface area contributed by atoms with Crippen molar-refractivity contribution in [3.8, 4) is 0 Å². The van der Waals surface area contributed by atoms with Gasteiger partial charge >= 0.3 is 0 Å². The summed E-state index contributed by atoms with van der Waals surface area (Å²) in [5, 5.41) is 9.53. The van der Waals surface area contributed by atoms with Crippen LogP contribution in [0.3, 0.4) is 0 Å². The fourth-order valence-electron chi connectivity index (χ4n) is 2.31. The van der Waals surface area contributed by atoms with E-state index in [0.29, 0.717) is 12.1 Å². The summed E-state index contributed by atoms with van der Waals surface area (Å²) < 4.78 is 0. The summed E-state index contributed by atoms with van der Waals surface area (Å²) in [6.45, 7) is 5.50. The minimum atomic E-state index is -0.270. The van der Waals surface area contributed by atoms with E-state index in [-0.39, 0.29) is 18.4 Å². The van der Waals surface area contributed by atoms with Crippen molar-refractivity contribution >= 4 is 28.9 Å². The maximum atomic E-state index is 11.9. The molecule has 0 saturated heterocycles. The second-order valence-electron chi connectivity index (χ2n) is 6.03. The number of nitrogens with one attached hydrogen (secondary N) is 2. The first-order valence-corrected chi connectivity index (χ1v) is 8.97. The molecule has 0 fully saturated rings. The summed E-state index contributed by atoms with van der Waals surface area (Å²) >= 11 is 0. The molecule has 2 rings (SSSR count). The highest BCUT2D eigenvalue weighted by Gasteiger charge is 2.04. The van der Waals surface area contributed by atoms with Crippen molar-refractivity contribution in [2.45, 2.75) is 33.6 Å². The standard InChI is InChI=1S/C21H25N3O3/c1-4-16-6-10-18(11-7-16)23-21(26)14-27-24-15(3)17-8-12-19(13-9-17)22-20(25)5-2/h6-13H,4-5,14H2,1-3H3,(H,22,25)(H,23,26). The van der Waals surface area contributed by atoms with Crippen LogP contribution in [0, 0.1) is 0 Å². The molecule has 2 amide bonds. The SMILES string of the molecule is CCC(=O)Nc1ccc(C(C)=NOCC(=O)Nc2ccc(CC)cc2)cc1. The third-order valence-corrected chi connectivity index (χ3v) is 3.95. The summed E-state index contributed by atoms with van der Waals surface area (Å²) in [6, 6.07) is 15.0. The van der Waals surface area contributed by atoms with Gasteiger partial charge in [-0.1, -0.05) is 43.3 Å². The lowest BCUT2D eigenvalue weighted by atomic mass is 10.1. The summed E-state index contributed by atoms with van der Waals surface area (Å²) in [5.74, 6) is -0.305. The first-order valence-electron chi connectivity index (χ1n) is 8.97. The Balaban J connectivity index is 1.83. The minimum absolute atomic E-state index is 0.0354. The number of nitrogens with zero attached hydrogens (tertiary/aromatic N) is 1. The Kier molecular flexibility index (Phi) is 7.55. The highest BCUT2D eigenvalue weighted by atomic mass is 16.6. The lowest BCUT2D eigenvalue weighted by molar-refractivity contribution is -0.120. The number of anilines is 2. The predicted octanol–water partition coefficient (Wildman–Crippen LogP) is 3.98. The van der Waals surface area contributed by atoms with Crippen molar-refractivity contribution in [2.75, 3.05) is 17.2 Å². The zero-order chi connectivity index (χ0) is 19.6. The molecule has 2 aromatic rings. The third-order valence-electron chi connectivity index (χ3n) is 3.95. The Morgan fingerprint density at radius 1 is 0.889 bits per heavy atom. The molecule has 0 heterocycles. The number of hydrogen-bond donors (Lipinski definition) is 2. The maximum Gasteiger partial charge on any atom is 0.265 e. The maximum absolute atomic E-state index is 11.9. The fraction of sp³-hybridized carbons (Fsp3) is 0.286. The van der Waals surface area contributed by atoms with Crippen LogP contribution in [0.5, 0.6) is 0 Å². The molecule has 0 radical (unpaired) electrons. The molecular weight excluding hydrogens is 342 g/mol. The molecule has 27 heavy (non-hydrogen) atoms. The van der Waals surface area contributed by atoms with Crippen molar-refractivity contribution in [1.82, 2.24) is 0 Å². The van der Waals surface area contributed by atoms with Crippen LogP contribution in [0.25, 0.3) is 0 Å². The van der Waals surface area contributed by atoms with Gasteiger partial charge in [0.25, 0.3) is 5.91 Å². The molecule has 0 aliphatic carbocycles. The zero-order valence-corrected chi connectivity index (χ0v) is 15.9. The highest BCUT2D eigenvalue weighted by molar-refractivity contribution is 5.99. The highest BCUT2D eigenvalue weighted by Crippen LogP contribution is 2.12. The number of amides is 2. The molecule has 0 bridgehead atoms. The van der Waals surface area contributed by atoms with Gasteiger partial charge in [-0.3, -0.25) is 9.59 Å². The second kappa shape index (κ2) is 10.1. The van der Waals surface area contributed by atoms with Crippen LogP contribution in [0.4, 0.5) is 11.4 Å². The molecule has 0 aromatic heterocycles. The Labute approximate surface area is 159 Å². The van der Waals surface area contributed by atoms with E-state index in [1.807, 2.05) is 36.4 Å². The minimum Gasteiger partial charge on any atom is -0.385 e. The van der Waals surface area contributed by atoms with E-state index in [2.05, 4.69) is 22.7 Å². The number of benzene rings is 2. The van der Waals surface area contributed by atoms with Crippen molar-refractivity contribution in [3.05, 3.63) is 59.7 Å². The summed E-state index contributed by atoms with van der Waals surface area (Å²) in [5.41, 5.74) is 4.16. The van der Waals surface area contributed by atoms with E-state index in [4.69, 9.17) is 4.84 Å². The van der Waals surface area contributed by atoms with Crippen LogP contribution >= 0.6 is 0 Å². The second-order valence-corrected chi connectivity index (χ2v) is 6.03. The number of hydrogen-bond acceptors (Lipinski definition) is 4. The van der Waals surface area contributed by atoms with Crippen molar-refractivity contribution in [2.24, 2.45) is 5.16 Å². The molecule has 0 spiro atoms. The largest absolute Gasteiger partial charge is 0.385 e. The molecule has 2 aromatic carbocycles. The molecule has 2 N–H and O–H groups in total. The van der Waals surface area contributed by atoms with Gasteiger partial charge in [0.1, 0.15) is 0 Å².